The highest BCUT2D eigenvalue weighted by atomic mass is 16.6. The van der Waals surface area contributed by atoms with Gasteiger partial charge in [-0.25, -0.2) is 0 Å². The monoisotopic (exact) mass is 1330 g/mol. The van der Waals surface area contributed by atoms with Crippen molar-refractivity contribution in [3.63, 3.8) is 0 Å². The van der Waals surface area contributed by atoms with Crippen molar-refractivity contribution in [2.75, 3.05) is 59.5 Å². The minimum Gasteiger partial charge on any atom is -0.490 e. The molecule has 4 aromatic carbocycles. The highest BCUT2D eigenvalue weighted by molar-refractivity contribution is 5.58. The van der Waals surface area contributed by atoms with Crippen molar-refractivity contribution in [1.82, 2.24) is 0 Å². The summed E-state index contributed by atoms with van der Waals surface area (Å²) in [7, 11) is 0. The lowest BCUT2D eigenvalue weighted by atomic mass is 10.1. The summed E-state index contributed by atoms with van der Waals surface area (Å²) >= 11 is 0. The summed E-state index contributed by atoms with van der Waals surface area (Å²) in [5, 5.41) is 11.1. The first-order valence-electron chi connectivity index (χ1n) is 38.6. The molecule has 95 heavy (non-hydrogen) atoms. The molecule has 0 aliphatic carbocycles. The first kappa shape index (κ1) is 81.9. The lowest BCUT2D eigenvalue weighted by Gasteiger charge is -2.22. The minimum atomic E-state index is -0.266. The quantitative estimate of drug-likeness (QED) is 0.0421. The Bertz CT molecular complexity index is 2310. The van der Waals surface area contributed by atoms with Crippen LogP contribution in [0.2, 0.25) is 0 Å². The lowest BCUT2D eigenvalue weighted by Crippen LogP contribution is -2.09. The molecule has 0 radical (unpaired) electrons. The van der Waals surface area contributed by atoms with Gasteiger partial charge in [-0.2, -0.15) is 0 Å². The fraction of sp³-hybridized carbons (Fsp3) is 0.707. The van der Waals surface area contributed by atoms with Gasteiger partial charge >= 0.3 is 0 Å². The number of rotatable bonds is 64. The van der Waals surface area contributed by atoms with Crippen molar-refractivity contribution in [3.8, 4) is 69.0 Å². The zero-order chi connectivity index (χ0) is 68.0. The van der Waals surface area contributed by atoms with Gasteiger partial charge in [0.2, 0.25) is 23.0 Å². The van der Waals surface area contributed by atoms with E-state index in [1.165, 1.54) is 0 Å². The van der Waals surface area contributed by atoms with E-state index >= 15 is 0 Å². The summed E-state index contributed by atoms with van der Waals surface area (Å²) in [5.74, 6) is 6.97. The maximum absolute atomic E-state index is 11.1. The second kappa shape index (κ2) is 54.4. The molecule has 0 bridgehead atoms. The predicted molar refractivity (Wildman–Crippen MR) is 391 cm³/mol. The van der Waals surface area contributed by atoms with E-state index in [0.29, 0.717) is 134 Å². The molecule has 0 aliphatic heterocycles. The molecule has 0 heterocycles. The van der Waals surface area contributed by atoms with Crippen molar-refractivity contribution in [2.45, 2.75) is 320 Å². The molecule has 0 aliphatic rings. The van der Waals surface area contributed by atoms with Gasteiger partial charge in [0.15, 0.2) is 46.0 Å². The summed E-state index contributed by atoms with van der Waals surface area (Å²) in [6.07, 6.45) is 38.8. The van der Waals surface area contributed by atoms with E-state index in [9.17, 15) is 5.11 Å². The normalized spacial score (nSPS) is 11.2. The Balaban J connectivity index is 1.93. The molecule has 4 rings (SSSR count). The third kappa shape index (κ3) is 34.5. The number of benzene rings is 4. The molecular weight excluding hydrogens is 1190 g/mol. The van der Waals surface area contributed by atoms with Crippen LogP contribution < -0.4 is 56.8 Å². The molecule has 0 saturated carbocycles. The van der Waals surface area contributed by atoms with E-state index in [2.05, 4.69) is 62.3 Å². The molecule has 13 nitrogen and oxygen atoms in total. The average Bonchev–Trinajstić information content (AvgIpc) is 0.885. The number of hydrogen-bond acceptors (Lipinski definition) is 13. The molecule has 13 heteroatoms. The Labute approximate surface area is 578 Å². The van der Waals surface area contributed by atoms with Crippen LogP contribution in [0.1, 0.15) is 316 Å². The van der Waals surface area contributed by atoms with E-state index in [4.69, 9.17) is 56.8 Å². The van der Waals surface area contributed by atoms with E-state index in [0.717, 1.165) is 248 Å². The van der Waals surface area contributed by atoms with Crippen molar-refractivity contribution >= 4 is 0 Å². The maximum atomic E-state index is 11.1. The van der Waals surface area contributed by atoms with E-state index in [1.54, 1.807) is 0 Å². The third-order valence-corrected chi connectivity index (χ3v) is 16.9. The summed E-state index contributed by atoms with van der Waals surface area (Å²) in [6.45, 7) is 25.1. The smallest absolute Gasteiger partial charge is 0.203 e. The molecule has 4 aromatic rings. The molecule has 540 valence electrons. The Morgan fingerprint density at radius 3 is 0.558 bits per heavy atom. The van der Waals surface area contributed by atoms with Gasteiger partial charge in [-0.15, -0.1) is 0 Å². The molecule has 0 aromatic heterocycles. The van der Waals surface area contributed by atoms with Crippen LogP contribution in [0.5, 0.6) is 69.0 Å². The SMILES string of the molecule is CCCCCCOc1cc(COc2cc(CO)cc(OCc3cc(OCCCCCC)c(OCCCCCC)c(OCCCCCC)c3)c2OCc2cc(OCCCCCC)c(OCCCCCC)c(OCCCCCC)c2)cc(OCCCCCC)c1OCCCCCC. The molecule has 0 fully saturated rings. The lowest BCUT2D eigenvalue weighted by molar-refractivity contribution is 0.219. The van der Waals surface area contributed by atoms with Gasteiger partial charge in [-0.3, -0.25) is 0 Å². The van der Waals surface area contributed by atoms with Crippen molar-refractivity contribution < 1.29 is 61.9 Å². The number of aliphatic hydroxyl groups excluding tert-OH is 1. The molecule has 0 saturated heterocycles. The van der Waals surface area contributed by atoms with E-state index < -0.39 is 0 Å². The molecular formula is C82H134O13. The minimum absolute atomic E-state index is 0.104. The van der Waals surface area contributed by atoms with Crippen molar-refractivity contribution in [3.05, 3.63) is 70.8 Å². The van der Waals surface area contributed by atoms with Gasteiger partial charge in [0.25, 0.3) is 0 Å². The molecule has 0 unspecified atom stereocenters. The van der Waals surface area contributed by atoms with Crippen molar-refractivity contribution in [1.29, 1.82) is 0 Å². The fourth-order valence-corrected chi connectivity index (χ4v) is 11.1. The maximum Gasteiger partial charge on any atom is 0.203 e. The van der Waals surface area contributed by atoms with Crippen LogP contribution in [0.25, 0.3) is 0 Å². The van der Waals surface area contributed by atoms with Crippen LogP contribution in [0, 0.1) is 0 Å². The van der Waals surface area contributed by atoms with Gasteiger partial charge in [0, 0.05) is 0 Å². The van der Waals surface area contributed by atoms with Crippen LogP contribution in [0.3, 0.4) is 0 Å². The summed E-state index contributed by atoms with van der Waals surface area (Å²) in [6, 6.07) is 15.9. The van der Waals surface area contributed by atoms with Gasteiger partial charge in [0.1, 0.15) is 19.8 Å². The predicted octanol–water partition coefficient (Wildman–Crippen LogP) is 23.5. The number of hydrogen-bond donors (Lipinski definition) is 1. The Kier molecular flexibility index (Phi) is 46.9. The topological polar surface area (TPSA) is 131 Å². The number of unbranched alkanes of at least 4 members (excludes halogenated alkanes) is 27. The molecule has 0 amide bonds. The Morgan fingerprint density at radius 2 is 0.358 bits per heavy atom. The van der Waals surface area contributed by atoms with Gasteiger partial charge in [0.05, 0.1) is 66.1 Å². The second-order valence-corrected chi connectivity index (χ2v) is 25.9. The Morgan fingerprint density at radius 1 is 0.189 bits per heavy atom. The Hall–Kier alpha value is -5.56. The first-order valence-corrected chi connectivity index (χ1v) is 38.6. The summed E-state index contributed by atoms with van der Waals surface area (Å²) in [5.41, 5.74) is 3.10. The highest BCUT2D eigenvalue weighted by Crippen LogP contribution is 2.46. The van der Waals surface area contributed by atoms with Crippen LogP contribution in [0.15, 0.2) is 48.5 Å². The number of aliphatic hydroxyl groups is 1. The largest absolute Gasteiger partial charge is 0.490 e. The average molecular weight is 1330 g/mol. The van der Waals surface area contributed by atoms with Crippen LogP contribution >= 0.6 is 0 Å². The fourth-order valence-electron chi connectivity index (χ4n) is 11.1. The van der Waals surface area contributed by atoms with Gasteiger partial charge in [-0.1, -0.05) is 236 Å². The van der Waals surface area contributed by atoms with Crippen LogP contribution in [0.4, 0.5) is 0 Å². The first-order chi connectivity index (χ1) is 46.8. The van der Waals surface area contributed by atoms with Crippen LogP contribution in [-0.4, -0.2) is 64.6 Å². The molecule has 0 spiro atoms. The van der Waals surface area contributed by atoms with Crippen LogP contribution in [-0.2, 0) is 26.4 Å². The highest BCUT2D eigenvalue weighted by Gasteiger charge is 2.24. The zero-order valence-corrected chi connectivity index (χ0v) is 61.6. The second-order valence-electron chi connectivity index (χ2n) is 25.9. The summed E-state index contributed by atoms with van der Waals surface area (Å²) < 4.78 is 81.1. The van der Waals surface area contributed by atoms with Crippen molar-refractivity contribution in [2.24, 2.45) is 0 Å². The standard InChI is InChI=1S/C82H134O13/c1-10-19-28-37-46-84-71-57-68(58-72(85-47-38-29-20-11-2)79(71)90-52-43-34-25-16-7)64-93-77-55-67(63-83)56-78(94-65-69-59-73(86-48-39-30-21-12-3)80(91-53-44-35-26-17-8)74(60-69)87-49-40-31-22-13-4)82(77)95-66-70-61-75(88-50-41-32-23-14-5)81(92-54-45-36-27-18-9)76(62-70)89-51-42-33-24-15-6/h55-62,83H,10-54,63-66H2,1-9H3. The van der Waals surface area contributed by atoms with Gasteiger partial charge < -0.3 is 61.9 Å². The summed E-state index contributed by atoms with van der Waals surface area (Å²) in [4.78, 5) is 0. The van der Waals surface area contributed by atoms with E-state index in [1.807, 2.05) is 48.5 Å². The van der Waals surface area contributed by atoms with Gasteiger partial charge in [-0.05, 0) is 129 Å². The third-order valence-electron chi connectivity index (χ3n) is 16.9. The van der Waals surface area contributed by atoms with E-state index in [-0.39, 0.29) is 26.4 Å². The number of ether oxygens (including phenoxy) is 12. The zero-order valence-electron chi connectivity index (χ0n) is 61.6. The molecule has 1 N–H and O–H groups in total. The molecule has 0 atom stereocenters.